The van der Waals surface area contributed by atoms with E-state index in [1.165, 1.54) is 16.2 Å². The van der Waals surface area contributed by atoms with Gasteiger partial charge < -0.3 is 19.9 Å². The molecule has 2 amide bonds. The standard InChI is InChI=1S/C17H20ClN3O2S.C11H16N4O2.C5H5ClOS/c1-2-10-23-17(22)21-9-3-4-15(21)14-11-12(19-20-14)5-6-13-7-8-16(18)24-13;1-2-6-17-11(16)15-5-3-4-9(15)8-7-10(12)14-13-8;1-7-5-3-2-4(6)8-5/h2,7-8,11,15H,1,3-6,9-10H2,(H,19,20);2,7,9H,1,3-6H2,(H3,12,13,14);2-3H,1H3. The van der Waals surface area contributed by atoms with Gasteiger partial charge in [0.05, 0.1) is 39.3 Å². The van der Waals surface area contributed by atoms with Gasteiger partial charge in [0.25, 0.3) is 0 Å². The second kappa shape index (κ2) is 19.3. The Hall–Kier alpha value is -3.98. The van der Waals surface area contributed by atoms with Crippen LogP contribution in [0.15, 0.2) is 61.7 Å². The zero-order valence-corrected chi connectivity index (χ0v) is 30.4. The predicted octanol–water partition coefficient (Wildman–Crippen LogP) is 8.23. The van der Waals surface area contributed by atoms with Gasteiger partial charge in [-0.1, -0.05) is 59.8 Å². The molecule has 2 aliphatic heterocycles. The number of H-pyrrole nitrogens is 2. The quantitative estimate of drug-likeness (QED) is 0.137. The van der Waals surface area contributed by atoms with Gasteiger partial charge in [0, 0.05) is 29.7 Å². The molecule has 2 saturated heterocycles. The third-order valence-corrected chi connectivity index (χ3v) is 10.1. The first kappa shape index (κ1) is 37.8. The van der Waals surface area contributed by atoms with Gasteiger partial charge in [0.2, 0.25) is 0 Å². The van der Waals surface area contributed by atoms with Crippen molar-refractivity contribution in [2.24, 2.45) is 0 Å². The average Bonchev–Trinajstić information content (AvgIpc) is 3.94. The molecule has 6 heterocycles. The molecule has 2 atom stereocenters. The molecule has 49 heavy (non-hydrogen) atoms. The Morgan fingerprint density at radius 3 is 2.08 bits per heavy atom. The molecule has 0 saturated carbocycles. The van der Waals surface area contributed by atoms with Crippen LogP contribution in [0.3, 0.4) is 0 Å². The number of thiophene rings is 2. The number of amides is 2. The minimum absolute atomic E-state index is 0.0107. The molecular weight excluding hydrogens is 709 g/mol. The van der Waals surface area contributed by atoms with Crippen LogP contribution in [0.4, 0.5) is 15.4 Å². The molecule has 4 N–H and O–H groups in total. The molecule has 0 bridgehead atoms. The van der Waals surface area contributed by atoms with E-state index in [9.17, 15) is 9.59 Å². The Morgan fingerprint density at radius 1 is 0.918 bits per heavy atom. The van der Waals surface area contributed by atoms with Crippen LogP contribution in [0.5, 0.6) is 5.06 Å². The van der Waals surface area contributed by atoms with Gasteiger partial charge in [-0.15, -0.1) is 11.3 Å². The first-order chi connectivity index (χ1) is 23.7. The van der Waals surface area contributed by atoms with Crippen molar-refractivity contribution in [3.63, 3.8) is 0 Å². The van der Waals surface area contributed by atoms with Crippen molar-refractivity contribution in [1.82, 2.24) is 30.2 Å². The molecule has 2 aliphatic rings. The largest absolute Gasteiger partial charge is 0.487 e. The molecule has 0 radical (unpaired) electrons. The summed E-state index contributed by atoms with van der Waals surface area (Å²) in [5.74, 6) is 0.436. The SMILES string of the molecule is C=CCOC(=O)N1CCCC1c1cc(CCc2ccc(Cl)s2)[nH]n1.C=CCOC(=O)N1CCCC1c1cc(N)n[nH]1.COc1ccc(Cl)s1. The van der Waals surface area contributed by atoms with E-state index in [-0.39, 0.29) is 37.5 Å². The lowest BCUT2D eigenvalue weighted by Gasteiger charge is -2.22. The van der Waals surface area contributed by atoms with Crippen LogP contribution in [0.25, 0.3) is 0 Å². The van der Waals surface area contributed by atoms with Crippen molar-refractivity contribution in [1.29, 1.82) is 0 Å². The fourth-order valence-corrected chi connectivity index (χ4v) is 7.31. The van der Waals surface area contributed by atoms with E-state index in [2.05, 4.69) is 45.7 Å². The summed E-state index contributed by atoms with van der Waals surface area (Å²) in [6.07, 6.45) is 8.03. The second-order valence-corrected chi connectivity index (χ2v) is 14.4. The van der Waals surface area contributed by atoms with Crippen LogP contribution in [0.1, 0.15) is 59.7 Å². The van der Waals surface area contributed by atoms with Crippen LogP contribution in [-0.4, -0.2) is 75.8 Å². The van der Waals surface area contributed by atoms with Crippen molar-refractivity contribution in [2.45, 2.75) is 50.6 Å². The lowest BCUT2D eigenvalue weighted by molar-refractivity contribution is 0.106. The number of nitrogens with one attached hydrogen (secondary N) is 2. The number of carbonyl (C=O) groups excluding carboxylic acids is 2. The maximum atomic E-state index is 12.1. The molecule has 12 nitrogen and oxygen atoms in total. The highest BCUT2D eigenvalue weighted by atomic mass is 35.5. The summed E-state index contributed by atoms with van der Waals surface area (Å²) in [5.41, 5.74) is 8.39. The fraction of sp³-hybridized carbons (Fsp3) is 0.394. The average molecular weight is 751 g/mol. The highest BCUT2D eigenvalue weighted by Gasteiger charge is 2.33. The van der Waals surface area contributed by atoms with Gasteiger partial charge >= 0.3 is 12.2 Å². The smallest absolute Gasteiger partial charge is 0.410 e. The zero-order valence-electron chi connectivity index (χ0n) is 27.2. The molecule has 0 aliphatic carbocycles. The van der Waals surface area contributed by atoms with E-state index < -0.39 is 0 Å². The first-order valence-electron chi connectivity index (χ1n) is 15.7. The van der Waals surface area contributed by atoms with E-state index in [4.69, 9.17) is 43.1 Å². The van der Waals surface area contributed by atoms with Crippen molar-refractivity contribution in [2.75, 3.05) is 39.1 Å². The number of rotatable bonds is 10. The Morgan fingerprint density at radius 2 is 1.55 bits per heavy atom. The number of nitrogen functional groups attached to an aromatic ring is 1. The van der Waals surface area contributed by atoms with Crippen LogP contribution in [0.2, 0.25) is 8.67 Å². The second-order valence-electron chi connectivity index (χ2n) is 11.0. The molecule has 0 aromatic carbocycles. The summed E-state index contributed by atoms with van der Waals surface area (Å²) in [6.45, 7) is 8.94. The number of aromatic nitrogens is 4. The minimum atomic E-state index is -0.319. The van der Waals surface area contributed by atoms with Gasteiger partial charge in [-0.05, 0) is 68.9 Å². The predicted molar refractivity (Wildman–Crippen MR) is 195 cm³/mol. The lowest BCUT2D eigenvalue weighted by Crippen LogP contribution is -2.31. The lowest BCUT2D eigenvalue weighted by atomic mass is 10.1. The van der Waals surface area contributed by atoms with Crippen molar-refractivity contribution >= 4 is 63.9 Å². The fourth-order valence-electron chi connectivity index (χ4n) is 5.38. The maximum absolute atomic E-state index is 12.1. The van der Waals surface area contributed by atoms with Gasteiger partial charge in [-0.3, -0.25) is 20.0 Å². The highest BCUT2D eigenvalue weighted by Crippen LogP contribution is 2.33. The van der Waals surface area contributed by atoms with Crippen LogP contribution in [0, 0.1) is 0 Å². The van der Waals surface area contributed by atoms with Crippen molar-refractivity contribution in [3.8, 4) is 5.06 Å². The number of ether oxygens (including phenoxy) is 3. The molecule has 6 rings (SSSR count). The summed E-state index contributed by atoms with van der Waals surface area (Å²) in [7, 11) is 1.63. The number of methoxy groups -OCH3 is 1. The maximum Gasteiger partial charge on any atom is 0.410 e. The van der Waals surface area contributed by atoms with E-state index in [1.807, 2.05) is 18.2 Å². The highest BCUT2D eigenvalue weighted by molar-refractivity contribution is 7.17. The van der Waals surface area contributed by atoms with E-state index in [0.717, 1.165) is 69.3 Å². The Labute approximate surface area is 303 Å². The van der Waals surface area contributed by atoms with Crippen molar-refractivity contribution < 1.29 is 23.8 Å². The molecule has 4 aromatic heterocycles. The topological polar surface area (TPSA) is 152 Å². The number of hydrogen-bond donors (Lipinski definition) is 3. The Kier molecular flexibility index (Phi) is 14.9. The molecule has 16 heteroatoms. The van der Waals surface area contributed by atoms with Crippen LogP contribution >= 0.6 is 45.9 Å². The van der Waals surface area contributed by atoms with Crippen molar-refractivity contribution in [3.05, 3.63) is 92.3 Å². The number of hydrogen-bond acceptors (Lipinski definition) is 10. The Balaban J connectivity index is 0.000000187. The molecule has 4 aromatic rings. The van der Waals surface area contributed by atoms with Gasteiger partial charge in [0.1, 0.15) is 19.0 Å². The van der Waals surface area contributed by atoms with E-state index in [0.29, 0.717) is 18.9 Å². The first-order valence-corrected chi connectivity index (χ1v) is 18.1. The number of aryl methyl sites for hydroxylation is 2. The summed E-state index contributed by atoms with van der Waals surface area (Å²) in [4.78, 5) is 28.6. The summed E-state index contributed by atoms with van der Waals surface area (Å²) in [6, 6.07) is 11.4. The van der Waals surface area contributed by atoms with Gasteiger partial charge in [-0.25, -0.2) is 9.59 Å². The number of carbonyl (C=O) groups is 2. The zero-order chi connectivity index (χ0) is 35.2. The monoisotopic (exact) mass is 749 g/mol. The summed E-state index contributed by atoms with van der Waals surface area (Å²) < 4.78 is 16.6. The number of aromatic amines is 2. The molecule has 0 spiro atoms. The van der Waals surface area contributed by atoms with Gasteiger partial charge in [-0.2, -0.15) is 10.2 Å². The minimum Gasteiger partial charge on any atom is -0.487 e. The molecule has 2 fully saturated rings. The number of nitrogens with zero attached hydrogens (tertiary/aromatic N) is 4. The van der Waals surface area contributed by atoms with E-state index >= 15 is 0 Å². The summed E-state index contributed by atoms with van der Waals surface area (Å²) >= 11 is 14.6. The number of nitrogens with two attached hydrogens (primary N) is 1. The number of halogens is 2. The normalized spacial score (nSPS) is 16.6. The Bertz CT molecular complexity index is 1650. The van der Waals surface area contributed by atoms with Crippen LogP contribution < -0.4 is 10.5 Å². The molecular formula is C33H41Cl2N7O5S2. The molecule has 264 valence electrons. The number of anilines is 1. The van der Waals surface area contributed by atoms with Crippen LogP contribution in [-0.2, 0) is 22.3 Å². The van der Waals surface area contributed by atoms with E-state index in [1.54, 1.807) is 46.5 Å². The third-order valence-electron chi connectivity index (χ3n) is 7.61. The summed E-state index contributed by atoms with van der Waals surface area (Å²) in [5, 5.41) is 15.1. The van der Waals surface area contributed by atoms with Gasteiger partial charge in [0.15, 0.2) is 5.06 Å². The third kappa shape index (κ3) is 11.3. The number of likely N-dealkylation sites (tertiary alicyclic amines) is 2. The molecule has 2 unspecified atom stereocenters.